The van der Waals surface area contributed by atoms with E-state index in [1.54, 1.807) is 0 Å². The summed E-state index contributed by atoms with van der Waals surface area (Å²) in [5.74, 6) is 0.211. The number of hydrogen-bond acceptors (Lipinski definition) is 1. The van der Waals surface area contributed by atoms with Crippen LogP contribution in [0.25, 0.3) is 10.9 Å². The number of H-pyrrole nitrogens is 1. The molecule has 0 unspecified atom stereocenters. The molecule has 0 amide bonds. The van der Waals surface area contributed by atoms with Crippen molar-refractivity contribution in [3.05, 3.63) is 35.5 Å². The predicted molar refractivity (Wildman–Crippen MR) is 64.3 cm³/mol. The van der Waals surface area contributed by atoms with Crippen molar-refractivity contribution in [2.45, 2.75) is 20.8 Å². The molecule has 0 fully saturated rings. The number of fused-ring (bicyclic) bond motifs is 1. The maximum Gasteiger partial charge on any atom is 0.181 e. The number of nitrogens with one attached hydrogen (secondary N) is 1. The van der Waals surface area contributed by atoms with Crippen LogP contribution in [0.5, 0.6) is 0 Å². The maximum atomic E-state index is 11.8. The van der Waals surface area contributed by atoms with Gasteiger partial charge < -0.3 is 4.98 Å². The molecular formula is C13H17NO. The lowest BCUT2D eigenvalue weighted by atomic mass is 10.1. The Morgan fingerprint density at radius 1 is 1.33 bits per heavy atom. The molecule has 0 aliphatic heterocycles. The topological polar surface area (TPSA) is 32.9 Å². The summed E-state index contributed by atoms with van der Waals surface area (Å²) in [6.45, 7) is 5.88. The van der Waals surface area contributed by atoms with Gasteiger partial charge in [0, 0.05) is 18.2 Å². The van der Waals surface area contributed by atoms with Gasteiger partial charge in [-0.05, 0) is 25.1 Å². The highest BCUT2D eigenvalue weighted by Crippen LogP contribution is 2.18. The molecule has 80 valence electrons. The zero-order chi connectivity index (χ0) is 11.0. The molecule has 15 heavy (non-hydrogen) atoms. The van der Waals surface area contributed by atoms with Crippen LogP contribution >= 0.6 is 0 Å². The van der Waals surface area contributed by atoms with Crippen molar-refractivity contribution in [2.75, 3.05) is 0 Å². The normalized spacial score (nSPS) is 11.2. The summed E-state index contributed by atoms with van der Waals surface area (Å²) in [6.07, 6.45) is 0. The molecule has 0 spiro atoms. The molecular weight excluding hydrogens is 186 g/mol. The van der Waals surface area contributed by atoms with Gasteiger partial charge in [-0.3, -0.25) is 4.79 Å². The molecule has 2 rings (SSSR count). The minimum atomic E-state index is 0. The van der Waals surface area contributed by atoms with Crippen LogP contribution in [0.15, 0.2) is 24.3 Å². The second kappa shape index (κ2) is 3.54. The monoisotopic (exact) mass is 203 g/mol. The van der Waals surface area contributed by atoms with E-state index in [0.29, 0.717) is 5.69 Å². The molecule has 2 aromatic rings. The van der Waals surface area contributed by atoms with E-state index in [0.717, 1.165) is 10.9 Å². The van der Waals surface area contributed by atoms with Gasteiger partial charge in [0.25, 0.3) is 0 Å². The maximum absolute atomic E-state index is 11.8. The van der Waals surface area contributed by atoms with Crippen molar-refractivity contribution >= 4 is 16.7 Å². The minimum absolute atomic E-state index is 0. The molecule has 0 atom stereocenters. The molecule has 0 radical (unpaired) electrons. The number of carbonyl (C=O) groups is 1. The molecule has 1 aromatic carbocycles. The summed E-state index contributed by atoms with van der Waals surface area (Å²) < 4.78 is 0. The summed E-state index contributed by atoms with van der Waals surface area (Å²) in [6, 6.07) is 8.08. The Bertz CT molecular complexity index is 514. The Balaban J connectivity index is 0.00000128. The molecule has 1 N–H and O–H groups in total. The molecule has 0 bridgehead atoms. The van der Waals surface area contributed by atoms with E-state index in [9.17, 15) is 4.79 Å². The van der Waals surface area contributed by atoms with E-state index in [1.807, 2.05) is 32.0 Å². The van der Waals surface area contributed by atoms with E-state index in [1.165, 1.54) is 5.56 Å². The standard InChI is InChI=1S/C13H15NO.H2/c1-8(2)13(15)12-7-10-6-9(3)4-5-11(10)14-12;/h4-8,14H,1-3H3;1H. The van der Waals surface area contributed by atoms with E-state index in [2.05, 4.69) is 18.0 Å². The largest absolute Gasteiger partial charge is 0.352 e. The zero-order valence-corrected chi connectivity index (χ0v) is 9.29. The molecule has 2 nitrogen and oxygen atoms in total. The van der Waals surface area contributed by atoms with Crippen LogP contribution in [-0.4, -0.2) is 10.8 Å². The highest BCUT2D eigenvalue weighted by atomic mass is 16.1. The van der Waals surface area contributed by atoms with E-state index >= 15 is 0 Å². The molecule has 0 aliphatic carbocycles. The second-order valence-electron chi connectivity index (χ2n) is 4.29. The molecule has 0 saturated carbocycles. The van der Waals surface area contributed by atoms with Crippen LogP contribution in [0.3, 0.4) is 0 Å². The van der Waals surface area contributed by atoms with Crippen LogP contribution in [-0.2, 0) is 0 Å². The first-order chi connectivity index (χ1) is 7.08. The Hall–Kier alpha value is -1.57. The highest BCUT2D eigenvalue weighted by molar-refractivity contribution is 6.00. The smallest absolute Gasteiger partial charge is 0.181 e. The van der Waals surface area contributed by atoms with Gasteiger partial charge in [-0.15, -0.1) is 0 Å². The summed E-state index contributed by atoms with van der Waals surface area (Å²) in [7, 11) is 0. The third kappa shape index (κ3) is 1.80. The molecule has 2 heteroatoms. The van der Waals surface area contributed by atoms with Crippen molar-refractivity contribution in [1.82, 2.24) is 4.98 Å². The van der Waals surface area contributed by atoms with E-state index in [4.69, 9.17) is 0 Å². The highest BCUT2D eigenvalue weighted by Gasteiger charge is 2.12. The van der Waals surface area contributed by atoms with Crippen LogP contribution in [0, 0.1) is 12.8 Å². The van der Waals surface area contributed by atoms with Gasteiger partial charge >= 0.3 is 0 Å². The number of hydrogen-bond donors (Lipinski definition) is 1. The minimum Gasteiger partial charge on any atom is -0.352 e. The Morgan fingerprint density at radius 2 is 2.07 bits per heavy atom. The lowest BCUT2D eigenvalue weighted by Crippen LogP contribution is -2.07. The summed E-state index contributed by atoms with van der Waals surface area (Å²) in [4.78, 5) is 14.9. The number of benzene rings is 1. The van der Waals surface area contributed by atoms with Crippen LogP contribution in [0.1, 0.15) is 31.3 Å². The molecule has 1 heterocycles. The third-order valence-corrected chi connectivity index (χ3v) is 2.57. The number of ketones is 1. The van der Waals surface area contributed by atoms with Gasteiger partial charge in [0.15, 0.2) is 5.78 Å². The fourth-order valence-corrected chi connectivity index (χ4v) is 1.70. The zero-order valence-electron chi connectivity index (χ0n) is 9.29. The van der Waals surface area contributed by atoms with Crippen molar-refractivity contribution in [3.8, 4) is 0 Å². The van der Waals surface area contributed by atoms with Gasteiger partial charge in [0.1, 0.15) is 0 Å². The summed E-state index contributed by atoms with van der Waals surface area (Å²) in [5.41, 5.74) is 2.96. The van der Waals surface area contributed by atoms with Crippen LogP contribution in [0.4, 0.5) is 0 Å². The lowest BCUT2D eigenvalue weighted by Gasteiger charge is -1.99. The second-order valence-corrected chi connectivity index (χ2v) is 4.29. The van der Waals surface area contributed by atoms with Gasteiger partial charge in [-0.25, -0.2) is 0 Å². The number of Topliss-reactive ketones (excluding diaryl/α,β-unsaturated/α-hetero) is 1. The SMILES string of the molecule is Cc1ccc2[nH]c(C(=O)C(C)C)cc2c1.[HH]. The fraction of sp³-hybridized carbons (Fsp3) is 0.308. The lowest BCUT2D eigenvalue weighted by molar-refractivity contribution is 0.0935. The van der Waals surface area contributed by atoms with Gasteiger partial charge in [-0.1, -0.05) is 25.5 Å². The van der Waals surface area contributed by atoms with Crippen molar-refractivity contribution in [1.29, 1.82) is 0 Å². The fourth-order valence-electron chi connectivity index (χ4n) is 1.70. The average Bonchev–Trinajstić information content (AvgIpc) is 2.58. The van der Waals surface area contributed by atoms with Crippen LogP contribution in [0.2, 0.25) is 0 Å². The molecule has 0 saturated heterocycles. The Labute approximate surface area is 90.8 Å². The number of aromatic amines is 1. The van der Waals surface area contributed by atoms with Crippen molar-refractivity contribution in [2.24, 2.45) is 5.92 Å². The molecule has 0 aliphatic rings. The first kappa shape index (κ1) is 9.97. The first-order valence-electron chi connectivity index (χ1n) is 5.21. The third-order valence-electron chi connectivity index (χ3n) is 2.57. The van der Waals surface area contributed by atoms with Crippen molar-refractivity contribution < 1.29 is 6.22 Å². The Kier molecular flexibility index (Phi) is 2.35. The quantitative estimate of drug-likeness (QED) is 0.744. The molecule has 1 aromatic heterocycles. The van der Waals surface area contributed by atoms with Gasteiger partial charge in [0.05, 0.1) is 5.69 Å². The van der Waals surface area contributed by atoms with Gasteiger partial charge in [-0.2, -0.15) is 0 Å². The van der Waals surface area contributed by atoms with Gasteiger partial charge in [0.2, 0.25) is 0 Å². The summed E-state index contributed by atoms with van der Waals surface area (Å²) >= 11 is 0. The number of rotatable bonds is 2. The number of aryl methyl sites for hydroxylation is 1. The first-order valence-corrected chi connectivity index (χ1v) is 5.21. The van der Waals surface area contributed by atoms with E-state index in [-0.39, 0.29) is 13.1 Å². The average molecular weight is 203 g/mol. The number of carbonyl (C=O) groups excluding carboxylic acids is 1. The van der Waals surface area contributed by atoms with E-state index < -0.39 is 0 Å². The Morgan fingerprint density at radius 3 is 2.73 bits per heavy atom. The summed E-state index contributed by atoms with van der Waals surface area (Å²) in [5, 5.41) is 1.11. The number of aromatic nitrogens is 1. The predicted octanol–water partition coefficient (Wildman–Crippen LogP) is 3.56. The van der Waals surface area contributed by atoms with Crippen LogP contribution < -0.4 is 0 Å². The van der Waals surface area contributed by atoms with Crippen molar-refractivity contribution in [3.63, 3.8) is 0 Å².